The van der Waals surface area contributed by atoms with Gasteiger partial charge >= 0.3 is 0 Å². The number of pyridine rings is 1. The molecule has 0 spiro atoms. The normalized spacial score (nSPS) is 17.0. The van der Waals surface area contributed by atoms with Crippen molar-refractivity contribution >= 4 is 17.4 Å². The minimum absolute atomic E-state index is 0.0335. The number of carbonyl (C=O) groups is 2. The van der Waals surface area contributed by atoms with Crippen molar-refractivity contribution in [1.82, 2.24) is 9.88 Å². The average Bonchev–Trinajstić information content (AvgIpc) is 3.13. The minimum Gasteiger partial charge on any atom is -0.507 e. The van der Waals surface area contributed by atoms with Crippen molar-refractivity contribution in [2.75, 3.05) is 13.7 Å². The number of hydrogen-bond acceptors (Lipinski definition) is 6. The van der Waals surface area contributed by atoms with Crippen molar-refractivity contribution in [3.8, 4) is 11.5 Å². The van der Waals surface area contributed by atoms with E-state index in [9.17, 15) is 14.7 Å². The van der Waals surface area contributed by atoms with Crippen LogP contribution in [0.4, 0.5) is 0 Å². The van der Waals surface area contributed by atoms with Crippen LogP contribution in [0.25, 0.3) is 5.76 Å². The predicted octanol–water partition coefficient (Wildman–Crippen LogP) is 5.06. The largest absolute Gasteiger partial charge is 0.507 e. The first-order valence-corrected chi connectivity index (χ1v) is 11.8. The molecule has 1 aromatic heterocycles. The lowest BCUT2D eigenvalue weighted by Gasteiger charge is -2.25. The van der Waals surface area contributed by atoms with Crippen LogP contribution in [0, 0.1) is 12.8 Å². The molecule has 1 N–H and O–H groups in total. The number of amides is 1. The van der Waals surface area contributed by atoms with Gasteiger partial charge in [-0.15, -0.1) is 0 Å². The third kappa shape index (κ3) is 5.10. The van der Waals surface area contributed by atoms with Gasteiger partial charge in [-0.2, -0.15) is 0 Å². The topological polar surface area (TPSA) is 89.0 Å². The lowest BCUT2D eigenvalue weighted by atomic mass is 9.95. The Morgan fingerprint density at radius 3 is 2.58 bits per heavy atom. The lowest BCUT2D eigenvalue weighted by Crippen LogP contribution is -2.29. The number of aromatic nitrogens is 1. The molecule has 1 aliphatic rings. The molecule has 0 saturated carbocycles. The summed E-state index contributed by atoms with van der Waals surface area (Å²) in [6, 6.07) is 15.3. The van der Waals surface area contributed by atoms with E-state index in [0.29, 0.717) is 35.2 Å². The second-order valence-electron chi connectivity index (χ2n) is 9.25. The van der Waals surface area contributed by atoms with Crippen LogP contribution < -0.4 is 9.47 Å². The van der Waals surface area contributed by atoms with Crippen LogP contribution in [0.3, 0.4) is 0 Å². The van der Waals surface area contributed by atoms with Crippen LogP contribution >= 0.6 is 0 Å². The summed E-state index contributed by atoms with van der Waals surface area (Å²) >= 11 is 0. The van der Waals surface area contributed by atoms with Gasteiger partial charge in [0.2, 0.25) is 0 Å². The number of likely N-dealkylation sites (tertiary alicyclic amines) is 1. The van der Waals surface area contributed by atoms with Gasteiger partial charge in [-0.05, 0) is 65.9 Å². The molecule has 0 bridgehead atoms. The number of aryl methyl sites for hydroxylation is 1. The molecule has 0 aliphatic carbocycles. The Morgan fingerprint density at radius 1 is 1.11 bits per heavy atom. The van der Waals surface area contributed by atoms with E-state index in [1.54, 1.807) is 49.8 Å². The highest BCUT2D eigenvalue weighted by molar-refractivity contribution is 6.46. The maximum Gasteiger partial charge on any atom is 0.295 e. The highest BCUT2D eigenvalue weighted by atomic mass is 16.5. The van der Waals surface area contributed by atoms with Gasteiger partial charge in [0.05, 0.1) is 25.3 Å². The van der Waals surface area contributed by atoms with E-state index in [4.69, 9.17) is 9.47 Å². The van der Waals surface area contributed by atoms with E-state index in [1.807, 2.05) is 31.2 Å². The van der Waals surface area contributed by atoms with Crippen molar-refractivity contribution in [3.63, 3.8) is 0 Å². The van der Waals surface area contributed by atoms with Crippen molar-refractivity contribution in [1.29, 1.82) is 0 Å². The Morgan fingerprint density at radius 2 is 1.92 bits per heavy atom. The summed E-state index contributed by atoms with van der Waals surface area (Å²) in [4.78, 5) is 32.2. The average molecular weight is 487 g/mol. The molecular formula is C29H30N2O5. The standard InChI is InChI=1S/C29H30N2O5/c1-18(2)17-36-24-11-10-21(13-19(24)3)27(32)25-26(22-8-6-12-30-15-22)31(29(34)28(25)33)16-20-7-5-9-23(14-20)35-4/h5-15,18,26,32H,16-17H2,1-4H3/b27-25-. The van der Waals surface area contributed by atoms with Crippen molar-refractivity contribution in [2.45, 2.75) is 33.4 Å². The highest BCUT2D eigenvalue weighted by Crippen LogP contribution is 2.40. The highest BCUT2D eigenvalue weighted by Gasteiger charge is 2.46. The fourth-order valence-electron chi connectivity index (χ4n) is 4.27. The third-order valence-electron chi connectivity index (χ3n) is 6.05. The molecule has 0 radical (unpaired) electrons. The number of rotatable bonds is 8. The monoisotopic (exact) mass is 486 g/mol. The molecule has 4 rings (SSSR count). The van der Waals surface area contributed by atoms with E-state index in [-0.39, 0.29) is 17.9 Å². The molecule has 1 atom stereocenters. The Labute approximate surface area is 211 Å². The van der Waals surface area contributed by atoms with Gasteiger partial charge in [-0.25, -0.2) is 0 Å². The zero-order valence-electron chi connectivity index (χ0n) is 20.9. The maximum absolute atomic E-state index is 13.3. The smallest absolute Gasteiger partial charge is 0.295 e. The van der Waals surface area contributed by atoms with Gasteiger partial charge in [-0.3, -0.25) is 14.6 Å². The van der Waals surface area contributed by atoms with Crippen LogP contribution in [0.2, 0.25) is 0 Å². The number of aliphatic hydroxyl groups is 1. The number of ketones is 1. The van der Waals surface area contributed by atoms with Gasteiger partial charge in [0.1, 0.15) is 17.3 Å². The molecule has 1 saturated heterocycles. The Kier molecular flexibility index (Phi) is 7.38. The fraction of sp³-hybridized carbons (Fsp3) is 0.276. The quantitative estimate of drug-likeness (QED) is 0.272. The molecule has 1 aliphatic heterocycles. The SMILES string of the molecule is COc1cccc(CN2C(=O)C(=O)/C(=C(\O)c3ccc(OCC(C)C)c(C)c3)C2c2cccnc2)c1. The van der Waals surface area contributed by atoms with Crippen LogP contribution in [-0.2, 0) is 16.1 Å². The van der Waals surface area contributed by atoms with E-state index in [2.05, 4.69) is 18.8 Å². The number of nitrogens with zero attached hydrogens (tertiary/aromatic N) is 2. The fourth-order valence-corrected chi connectivity index (χ4v) is 4.27. The van der Waals surface area contributed by atoms with Gasteiger partial charge < -0.3 is 19.5 Å². The first-order valence-electron chi connectivity index (χ1n) is 11.8. The molecule has 2 heterocycles. The Bertz CT molecular complexity index is 1300. The van der Waals surface area contributed by atoms with Crippen LogP contribution in [-0.4, -0.2) is 40.4 Å². The predicted molar refractivity (Wildman–Crippen MR) is 137 cm³/mol. The van der Waals surface area contributed by atoms with Crippen LogP contribution in [0.5, 0.6) is 11.5 Å². The molecule has 2 aromatic carbocycles. The molecule has 7 heteroatoms. The number of Topliss-reactive ketones (excluding diaryl/α,β-unsaturated/α-hetero) is 1. The molecule has 1 unspecified atom stereocenters. The lowest BCUT2D eigenvalue weighted by molar-refractivity contribution is -0.140. The van der Waals surface area contributed by atoms with Gasteiger partial charge in [-0.1, -0.05) is 32.0 Å². The number of hydrogen-bond donors (Lipinski definition) is 1. The van der Waals surface area contributed by atoms with Crippen LogP contribution in [0.15, 0.2) is 72.6 Å². The Hall–Kier alpha value is -4.13. The van der Waals surface area contributed by atoms with Crippen molar-refractivity contribution in [2.24, 2.45) is 5.92 Å². The molecule has 7 nitrogen and oxygen atoms in total. The molecule has 3 aromatic rings. The molecule has 1 amide bonds. The van der Waals surface area contributed by atoms with Crippen LogP contribution in [0.1, 0.15) is 42.1 Å². The van der Waals surface area contributed by atoms with E-state index < -0.39 is 17.7 Å². The number of ether oxygens (including phenoxy) is 2. The number of carbonyl (C=O) groups excluding carboxylic acids is 2. The number of aliphatic hydroxyl groups excluding tert-OH is 1. The number of benzene rings is 2. The second kappa shape index (κ2) is 10.6. The van der Waals surface area contributed by atoms with E-state index in [0.717, 1.165) is 11.1 Å². The van der Waals surface area contributed by atoms with Crippen molar-refractivity contribution in [3.05, 3.63) is 94.8 Å². The van der Waals surface area contributed by atoms with Gasteiger partial charge in [0.25, 0.3) is 11.7 Å². The molecular weight excluding hydrogens is 456 g/mol. The van der Waals surface area contributed by atoms with Gasteiger partial charge in [0, 0.05) is 24.5 Å². The van der Waals surface area contributed by atoms with E-state index >= 15 is 0 Å². The summed E-state index contributed by atoms with van der Waals surface area (Å²) in [6.45, 7) is 6.76. The molecule has 1 fully saturated rings. The third-order valence-corrected chi connectivity index (χ3v) is 6.05. The summed E-state index contributed by atoms with van der Waals surface area (Å²) in [5.74, 6) is 0.0926. The molecule has 186 valence electrons. The first kappa shape index (κ1) is 25.0. The summed E-state index contributed by atoms with van der Waals surface area (Å²) in [6.07, 6.45) is 3.23. The maximum atomic E-state index is 13.3. The minimum atomic E-state index is -0.790. The zero-order valence-corrected chi connectivity index (χ0v) is 20.9. The summed E-state index contributed by atoms with van der Waals surface area (Å²) in [5, 5.41) is 11.3. The second-order valence-corrected chi connectivity index (χ2v) is 9.25. The number of methoxy groups -OCH3 is 1. The summed E-state index contributed by atoms with van der Waals surface area (Å²) in [5.41, 5.74) is 2.73. The molecule has 36 heavy (non-hydrogen) atoms. The zero-order chi connectivity index (χ0) is 25.8. The summed E-state index contributed by atoms with van der Waals surface area (Å²) < 4.78 is 11.2. The summed E-state index contributed by atoms with van der Waals surface area (Å²) in [7, 11) is 1.57. The van der Waals surface area contributed by atoms with Crippen molar-refractivity contribution < 1.29 is 24.2 Å². The van der Waals surface area contributed by atoms with E-state index in [1.165, 1.54) is 4.90 Å². The first-order chi connectivity index (χ1) is 17.3. The Balaban J connectivity index is 1.77. The van der Waals surface area contributed by atoms with Gasteiger partial charge in [0.15, 0.2) is 0 Å².